The lowest BCUT2D eigenvalue weighted by atomic mass is 10.0. The van der Waals surface area contributed by atoms with Crippen molar-refractivity contribution in [3.63, 3.8) is 0 Å². The third-order valence-electron chi connectivity index (χ3n) is 7.35. The number of nitrogens with two attached hydrogens (primary N) is 1. The van der Waals surface area contributed by atoms with E-state index in [2.05, 4.69) is 15.9 Å². The molecule has 3 aromatic rings. The number of nitrogens with one attached hydrogen (secondary N) is 1. The minimum Gasteiger partial charge on any atom is -0.490 e. The number of rotatable bonds is 8. The van der Waals surface area contributed by atoms with Crippen LogP contribution in [-0.4, -0.2) is 50.5 Å². The molecule has 1 aliphatic heterocycles. The first kappa shape index (κ1) is 27.9. The van der Waals surface area contributed by atoms with Gasteiger partial charge in [0.2, 0.25) is 15.9 Å². The van der Waals surface area contributed by atoms with Crippen molar-refractivity contribution in [3.8, 4) is 5.75 Å². The maximum atomic E-state index is 15.8. The number of hydrogen-bond acceptors (Lipinski definition) is 5. The molecular formula is C28H30BrF2N3O4S. The molecule has 11 heteroatoms. The number of benzene rings is 3. The van der Waals surface area contributed by atoms with E-state index in [0.717, 1.165) is 43.2 Å². The number of sulfonamides is 1. The number of carbonyl (C=O) groups excluding carboxylic acids is 1. The summed E-state index contributed by atoms with van der Waals surface area (Å²) in [5, 5.41) is 1.35. The van der Waals surface area contributed by atoms with Crippen LogP contribution in [0.1, 0.15) is 37.7 Å². The van der Waals surface area contributed by atoms with E-state index >= 15 is 8.78 Å². The second-order valence-electron chi connectivity index (χ2n) is 10.2. The molecule has 3 aromatic carbocycles. The molecule has 2 fully saturated rings. The second kappa shape index (κ2) is 11.1. The molecule has 2 atom stereocenters. The van der Waals surface area contributed by atoms with Crippen molar-refractivity contribution in [2.75, 3.05) is 13.1 Å². The zero-order chi connectivity index (χ0) is 27.8. The van der Waals surface area contributed by atoms with E-state index in [1.54, 1.807) is 18.2 Å². The quantitative estimate of drug-likeness (QED) is 0.372. The molecule has 208 valence electrons. The minimum atomic E-state index is -4.52. The molecule has 0 aromatic heterocycles. The highest BCUT2D eigenvalue weighted by molar-refractivity contribution is 9.10. The zero-order valence-corrected chi connectivity index (χ0v) is 23.6. The third kappa shape index (κ3) is 6.11. The Morgan fingerprint density at radius 2 is 1.69 bits per heavy atom. The van der Waals surface area contributed by atoms with E-state index in [1.807, 2.05) is 10.8 Å². The van der Waals surface area contributed by atoms with Gasteiger partial charge in [-0.05, 0) is 79.3 Å². The number of halogens is 3. The van der Waals surface area contributed by atoms with Crippen LogP contribution in [0.25, 0.3) is 10.8 Å². The summed E-state index contributed by atoms with van der Waals surface area (Å²) in [6, 6.07) is 12.2. The van der Waals surface area contributed by atoms with Gasteiger partial charge < -0.3 is 15.4 Å². The average molecular weight is 623 g/mol. The Hall–Kier alpha value is -2.60. The Balaban J connectivity index is 1.44. The number of carbonyl (C=O) groups is 1. The van der Waals surface area contributed by atoms with E-state index < -0.39 is 33.5 Å². The van der Waals surface area contributed by atoms with Gasteiger partial charge in [-0.3, -0.25) is 4.79 Å². The summed E-state index contributed by atoms with van der Waals surface area (Å²) in [5.74, 6) is -4.15. The molecule has 1 unspecified atom stereocenters. The molecule has 0 radical (unpaired) electrons. The number of nitrogens with zero attached hydrogens (tertiary/aromatic N) is 1. The van der Waals surface area contributed by atoms with Gasteiger partial charge >= 0.3 is 0 Å². The van der Waals surface area contributed by atoms with Crippen LogP contribution in [0.3, 0.4) is 0 Å². The van der Waals surface area contributed by atoms with Gasteiger partial charge in [0.15, 0.2) is 6.04 Å². The van der Waals surface area contributed by atoms with Gasteiger partial charge in [0.25, 0.3) is 5.92 Å². The number of fused-ring (bicyclic) bond motifs is 1. The molecule has 1 aliphatic carbocycles. The molecule has 7 nitrogen and oxygen atoms in total. The van der Waals surface area contributed by atoms with Crippen molar-refractivity contribution < 1.29 is 26.7 Å². The highest BCUT2D eigenvalue weighted by Gasteiger charge is 2.50. The largest absolute Gasteiger partial charge is 0.490 e. The van der Waals surface area contributed by atoms with Crippen molar-refractivity contribution in [2.24, 2.45) is 5.73 Å². The van der Waals surface area contributed by atoms with E-state index in [1.165, 1.54) is 29.2 Å². The zero-order valence-electron chi connectivity index (χ0n) is 21.2. The Kier molecular flexibility index (Phi) is 7.96. The van der Waals surface area contributed by atoms with Gasteiger partial charge in [-0.15, -0.1) is 0 Å². The molecule has 1 saturated carbocycles. The van der Waals surface area contributed by atoms with Crippen molar-refractivity contribution >= 4 is 42.6 Å². The lowest BCUT2D eigenvalue weighted by Crippen LogP contribution is -2.56. The minimum absolute atomic E-state index is 0.0781. The predicted octanol–water partition coefficient (Wildman–Crippen LogP) is 4.92. The molecule has 1 saturated heterocycles. The predicted molar refractivity (Wildman–Crippen MR) is 148 cm³/mol. The lowest BCUT2D eigenvalue weighted by Gasteiger charge is -2.30. The van der Waals surface area contributed by atoms with Crippen molar-refractivity contribution in [1.29, 1.82) is 0 Å². The van der Waals surface area contributed by atoms with Crippen LogP contribution >= 0.6 is 15.9 Å². The summed E-state index contributed by atoms with van der Waals surface area (Å²) in [6.45, 7) is 0.255. The second-order valence-corrected chi connectivity index (χ2v) is 12.8. The van der Waals surface area contributed by atoms with E-state index in [9.17, 15) is 13.2 Å². The normalized spacial score (nSPS) is 19.5. The van der Waals surface area contributed by atoms with Crippen LogP contribution in [0.4, 0.5) is 8.78 Å². The molecule has 5 rings (SSSR count). The molecular weight excluding hydrogens is 592 g/mol. The topological polar surface area (TPSA) is 102 Å². The summed E-state index contributed by atoms with van der Waals surface area (Å²) in [7, 11) is -4.52. The first-order chi connectivity index (χ1) is 18.5. The van der Waals surface area contributed by atoms with Gasteiger partial charge in [0, 0.05) is 29.2 Å². The van der Waals surface area contributed by atoms with Crippen LogP contribution < -0.4 is 15.2 Å². The number of alkyl halides is 2. The first-order valence-corrected chi connectivity index (χ1v) is 15.2. The number of ether oxygens (including phenoxy) is 1. The Bertz CT molecular complexity index is 1460. The first-order valence-electron chi connectivity index (χ1n) is 12.9. The highest BCUT2D eigenvalue weighted by atomic mass is 79.9. The van der Waals surface area contributed by atoms with Crippen molar-refractivity contribution in [2.45, 2.75) is 61.1 Å². The fourth-order valence-electron chi connectivity index (χ4n) is 5.15. The maximum absolute atomic E-state index is 15.8. The standard InChI is InChI=1S/C28H30BrF2N3O4S/c29-21-9-7-20(8-10-21)28(30,31)26(27(35)34-14-13-22(32)17-34)33-39(36,37)25-12-6-18-15-24(11-5-19(18)16-25)38-23-3-1-2-4-23/h5-12,15-16,22-23,26,33H,1-4,13-14,17,32H2/t22-,26?/m0/s1. The van der Waals surface area contributed by atoms with Crippen molar-refractivity contribution in [3.05, 3.63) is 70.7 Å². The fraction of sp³-hybridized carbons (Fsp3) is 0.393. The molecule has 1 amide bonds. The van der Waals surface area contributed by atoms with Crippen molar-refractivity contribution in [1.82, 2.24) is 9.62 Å². The smallest absolute Gasteiger partial charge is 0.298 e. The summed E-state index contributed by atoms with van der Waals surface area (Å²) in [6.07, 6.45) is 4.93. The van der Waals surface area contributed by atoms with Gasteiger partial charge in [-0.1, -0.05) is 40.2 Å². The van der Waals surface area contributed by atoms with Crippen LogP contribution in [0.15, 0.2) is 70.0 Å². The van der Waals surface area contributed by atoms with Gasteiger partial charge in [-0.25, -0.2) is 8.42 Å². The lowest BCUT2D eigenvalue weighted by molar-refractivity contribution is -0.143. The van der Waals surface area contributed by atoms with E-state index in [-0.39, 0.29) is 30.1 Å². The summed E-state index contributed by atoms with van der Waals surface area (Å²) < 4.78 is 67.2. The van der Waals surface area contributed by atoms with E-state index in [0.29, 0.717) is 22.0 Å². The number of amides is 1. The Labute approximate surface area is 234 Å². The van der Waals surface area contributed by atoms with E-state index in [4.69, 9.17) is 10.5 Å². The van der Waals surface area contributed by atoms with Crippen LogP contribution in [0.5, 0.6) is 5.75 Å². The number of hydrogen-bond donors (Lipinski definition) is 2. The summed E-state index contributed by atoms with van der Waals surface area (Å²) >= 11 is 3.21. The molecule has 1 heterocycles. The Morgan fingerprint density at radius 3 is 2.36 bits per heavy atom. The van der Waals surface area contributed by atoms with Gasteiger partial charge in [0.05, 0.1) is 11.0 Å². The SMILES string of the molecule is N[C@H]1CCN(C(=O)C(NS(=O)(=O)c2ccc3cc(OC4CCCC4)ccc3c2)C(F)(F)c2ccc(Br)cc2)C1. The summed E-state index contributed by atoms with van der Waals surface area (Å²) in [5.41, 5.74) is 5.41. The molecule has 39 heavy (non-hydrogen) atoms. The Morgan fingerprint density at radius 1 is 1.03 bits per heavy atom. The highest BCUT2D eigenvalue weighted by Crippen LogP contribution is 2.35. The van der Waals surface area contributed by atoms with Crippen LogP contribution in [0, 0.1) is 0 Å². The molecule has 3 N–H and O–H groups in total. The van der Waals surface area contributed by atoms with Crippen LogP contribution in [0.2, 0.25) is 0 Å². The molecule has 0 spiro atoms. The molecule has 0 bridgehead atoms. The number of likely N-dealkylation sites (tertiary alicyclic amines) is 1. The molecule has 2 aliphatic rings. The van der Waals surface area contributed by atoms with Gasteiger partial charge in [-0.2, -0.15) is 13.5 Å². The van der Waals surface area contributed by atoms with Crippen LogP contribution in [-0.2, 0) is 20.7 Å². The summed E-state index contributed by atoms with van der Waals surface area (Å²) in [4.78, 5) is 14.3. The monoisotopic (exact) mass is 621 g/mol. The fourth-order valence-corrected chi connectivity index (χ4v) is 6.64. The average Bonchev–Trinajstić information content (AvgIpc) is 3.58. The third-order valence-corrected chi connectivity index (χ3v) is 9.30. The maximum Gasteiger partial charge on any atom is 0.298 e. The van der Waals surface area contributed by atoms with Gasteiger partial charge in [0.1, 0.15) is 5.75 Å².